The molecule has 1 aliphatic carbocycles. The van der Waals surface area contributed by atoms with Crippen LogP contribution in [0.15, 0.2) is 66.9 Å². The van der Waals surface area contributed by atoms with Gasteiger partial charge in [-0.25, -0.2) is 9.78 Å². The molecule has 0 saturated carbocycles. The predicted octanol–water partition coefficient (Wildman–Crippen LogP) is 5.52. The minimum absolute atomic E-state index is 0.186. The van der Waals surface area contributed by atoms with E-state index in [2.05, 4.69) is 45.0 Å². The molecule has 0 bridgehead atoms. The van der Waals surface area contributed by atoms with Crippen LogP contribution in [0.1, 0.15) is 92.6 Å². The highest BCUT2D eigenvalue weighted by Crippen LogP contribution is 2.37. The number of rotatable bonds is 12. The van der Waals surface area contributed by atoms with Crippen molar-refractivity contribution >= 4 is 29.6 Å². The van der Waals surface area contributed by atoms with Gasteiger partial charge < -0.3 is 25.6 Å². The van der Waals surface area contributed by atoms with Crippen LogP contribution in [0, 0.1) is 0 Å². The van der Waals surface area contributed by atoms with Crippen molar-refractivity contribution in [2.75, 3.05) is 32.5 Å². The van der Waals surface area contributed by atoms with E-state index in [1.54, 1.807) is 24.3 Å². The molecule has 0 saturated heterocycles. The maximum absolute atomic E-state index is 13.6. The van der Waals surface area contributed by atoms with Crippen molar-refractivity contribution in [3.8, 4) is 5.75 Å². The summed E-state index contributed by atoms with van der Waals surface area (Å²) in [7, 11) is 3.85. The molecule has 4 aromatic rings. The molecule has 0 aliphatic heterocycles. The van der Waals surface area contributed by atoms with Gasteiger partial charge in [-0.15, -0.1) is 10.2 Å². The van der Waals surface area contributed by atoms with Gasteiger partial charge in [-0.05, 0) is 68.9 Å². The lowest BCUT2D eigenvalue weighted by Gasteiger charge is -2.34. The molecular formula is C37H46N8O4. The molecule has 2 atom stereocenters. The summed E-state index contributed by atoms with van der Waals surface area (Å²) < 4.78 is 8.43. The Labute approximate surface area is 287 Å². The smallest absolute Gasteiger partial charge is 0.320 e. The number of fused-ring (bicyclic) bond motifs is 2. The fourth-order valence-electron chi connectivity index (χ4n) is 5.87. The quantitative estimate of drug-likeness (QED) is 0.133. The molecule has 0 spiro atoms. The maximum atomic E-state index is 13.6. The Bertz CT molecular complexity index is 1860. The first-order chi connectivity index (χ1) is 23.4. The largest absolute Gasteiger partial charge is 0.480 e. The predicted molar refractivity (Wildman–Crippen MR) is 189 cm³/mol. The van der Waals surface area contributed by atoms with Crippen LogP contribution in [0.4, 0.5) is 10.5 Å². The molecule has 49 heavy (non-hydrogen) atoms. The number of ether oxygens (including phenoxy) is 1. The first kappa shape index (κ1) is 35.2. The molecule has 3 amide bonds. The molecule has 1 aliphatic rings. The minimum Gasteiger partial charge on any atom is -0.480 e. The van der Waals surface area contributed by atoms with Crippen molar-refractivity contribution in [2.24, 2.45) is 0 Å². The van der Waals surface area contributed by atoms with E-state index < -0.39 is 23.1 Å². The van der Waals surface area contributed by atoms with Gasteiger partial charge in [-0.2, -0.15) is 0 Å². The molecule has 258 valence electrons. The van der Waals surface area contributed by atoms with Crippen LogP contribution in [0.25, 0.3) is 5.65 Å². The number of aldehydes is 1. The molecule has 3 heterocycles. The normalized spacial score (nSPS) is 17.2. The summed E-state index contributed by atoms with van der Waals surface area (Å²) in [4.78, 5) is 45.9. The lowest BCUT2D eigenvalue weighted by atomic mass is 9.81. The molecule has 3 aromatic heterocycles. The number of carbonyl (C=O) groups excluding carboxylic acids is 3. The van der Waals surface area contributed by atoms with Crippen molar-refractivity contribution < 1.29 is 19.1 Å². The Kier molecular flexibility index (Phi) is 10.5. The second kappa shape index (κ2) is 14.6. The lowest BCUT2D eigenvalue weighted by Crippen LogP contribution is -2.49. The second-order valence-corrected chi connectivity index (χ2v) is 13.7. The number of likely N-dealkylation sites (N-methyl/N-ethyl adjacent to an activating group) is 1. The molecule has 3 N–H and O–H groups in total. The molecule has 5 rings (SSSR count). The Morgan fingerprint density at radius 3 is 2.53 bits per heavy atom. The van der Waals surface area contributed by atoms with Gasteiger partial charge in [0.1, 0.15) is 28.9 Å². The Balaban J connectivity index is 1.38. The van der Waals surface area contributed by atoms with Crippen molar-refractivity contribution in [2.45, 2.75) is 70.4 Å². The van der Waals surface area contributed by atoms with E-state index in [9.17, 15) is 14.4 Å². The number of aromatic nitrogens is 4. The monoisotopic (exact) mass is 666 g/mol. The third-order valence-electron chi connectivity index (χ3n) is 8.70. The van der Waals surface area contributed by atoms with Gasteiger partial charge in [0.25, 0.3) is 5.91 Å². The average Bonchev–Trinajstić information content (AvgIpc) is 3.48. The van der Waals surface area contributed by atoms with Gasteiger partial charge in [0.15, 0.2) is 11.9 Å². The fraction of sp³-hybridized carbons (Fsp3) is 0.405. The number of urea groups is 1. The first-order valence-electron chi connectivity index (χ1n) is 16.7. The molecule has 12 heteroatoms. The van der Waals surface area contributed by atoms with E-state index in [1.807, 2.05) is 80.7 Å². The van der Waals surface area contributed by atoms with Crippen LogP contribution in [0.2, 0.25) is 0 Å². The molecule has 0 fully saturated rings. The zero-order valence-electron chi connectivity index (χ0n) is 29.3. The highest BCUT2D eigenvalue weighted by molar-refractivity contribution is 5.96. The van der Waals surface area contributed by atoms with Crippen LogP contribution in [-0.4, -0.2) is 69.9 Å². The van der Waals surface area contributed by atoms with Crippen molar-refractivity contribution in [3.05, 3.63) is 95.2 Å². The summed E-state index contributed by atoms with van der Waals surface area (Å²) in [6, 6.07) is 13.7. The highest BCUT2D eigenvalue weighted by atomic mass is 16.5. The second-order valence-electron chi connectivity index (χ2n) is 13.7. The van der Waals surface area contributed by atoms with Gasteiger partial charge in [-0.3, -0.25) is 14.0 Å². The third-order valence-corrected chi connectivity index (χ3v) is 8.70. The van der Waals surface area contributed by atoms with Gasteiger partial charge in [0.05, 0.1) is 6.20 Å². The standard InChI is InChI=1S/C37H46N8O4/c1-8-24(9-2)33-43-42-32-15-14-26(22-45(32)33)49-30-16-17-37(23-46,28-13-11-10-12-27(28)30)41-35(48)39-25-20-29(34(47)38-18-19-44(6)7)40-31(21-25)36(3,4)5/h10-17,20-24,30H,8-9,18-19H2,1-7H3,(H,38,47)(H2,39,40,41,48)/t30-,37-/m1/s1. The molecular weight excluding hydrogens is 620 g/mol. The van der Waals surface area contributed by atoms with Crippen molar-refractivity contribution in [1.29, 1.82) is 0 Å². The number of hydrogen-bond donors (Lipinski definition) is 3. The van der Waals surface area contributed by atoms with Crippen LogP contribution in [0.3, 0.4) is 0 Å². The highest BCUT2D eigenvalue weighted by Gasteiger charge is 2.38. The molecule has 0 radical (unpaired) electrons. The summed E-state index contributed by atoms with van der Waals surface area (Å²) in [5.74, 6) is 1.43. The van der Waals surface area contributed by atoms with Crippen LogP contribution in [-0.2, 0) is 15.7 Å². The third kappa shape index (κ3) is 7.80. The molecule has 0 unspecified atom stereocenters. The van der Waals surface area contributed by atoms with E-state index in [1.165, 1.54) is 6.07 Å². The van der Waals surface area contributed by atoms with Gasteiger partial charge in [0, 0.05) is 41.4 Å². The summed E-state index contributed by atoms with van der Waals surface area (Å²) in [6.45, 7) is 11.3. The Hall–Kier alpha value is -5.10. The number of hydrogen-bond acceptors (Lipinski definition) is 8. The topological polar surface area (TPSA) is 143 Å². The number of nitrogens with one attached hydrogen (secondary N) is 3. The van der Waals surface area contributed by atoms with Gasteiger partial charge >= 0.3 is 6.03 Å². The zero-order chi connectivity index (χ0) is 35.3. The van der Waals surface area contributed by atoms with Gasteiger partial charge in [-0.1, -0.05) is 58.9 Å². The lowest BCUT2D eigenvalue weighted by molar-refractivity contribution is -0.111. The number of carbonyl (C=O) groups is 3. The molecule has 1 aromatic carbocycles. The van der Waals surface area contributed by atoms with E-state index in [0.29, 0.717) is 42.1 Å². The van der Waals surface area contributed by atoms with Crippen molar-refractivity contribution in [1.82, 2.24) is 35.1 Å². The maximum Gasteiger partial charge on any atom is 0.320 e. The minimum atomic E-state index is -1.46. The fourth-order valence-corrected chi connectivity index (χ4v) is 5.87. The van der Waals surface area contributed by atoms with Gasteiger partial charge in [0.2, 0.25) is 0 Å². The van der Waals surface area contributed by atoms with E-state index in [4.69, 9.17) is 4.74 Å². The van der Waals surface area contributed by atoms with Crippen LogP contribution >= 0.6 is 0 Å². The molecule has 12 nitrogen and oxygen atoms in total. The van der Waals surface area contributed by atoms with Crippen molar-refractivity contribution in [3.63, 3.8) is 0 Å². The Morgan fingerprint density at radius 1 is 1.08 bits per heavy atom. The number of anilines is 1. The Morgan fingerprint density at radius 2 is 1.84 bits per heavy atom. The first-order valence-corrected chi connectivity index (χ1v) is 16.7. The van der Waals surface area contributed by atoms with E-state index >= 15 is 0 Å². The van der Waals surface area contributed by atoms with E-state index in [-0.39, 0.29) is 17.5 Å². The van der Waals surface area contributed by atoms with E-state index in [0.717, 1.165) is 29.9 Å². The van der Waals surface area contributed by atoms with Crippen LogP contribution in [0.5, 0.6) is 5.75 Å². The summed E-state index contributed by atoms with van der Waals surface area (Å²) in [5, 5.41) is 17.3. The van der Waals surface area contributed by atoms with Crippen LogP contribution < -0.4 is 20.7 Å². The number of benzene rings is 1. The summed E-state index contributed by atoms with van der Waals surface area (Å²) in [6.07, 6.45) is 7.39. The summed E-state index contributed by atoms with van der Waals surface area (Å²) in [5.41, 5.74) is 1.39. The zero-order valence-corrected chi connectivity index (χ0v) is 29.3. The average molecular weight is 667 g/mol. The number of nitrogens with zero attached hydrogens (tertiary/aromatic N) is 5. The summed E-state index contributed by atoms with van der Waals surface area (Å²) >= 11 is 0. The number of amides is 3. The number of pyridine rings is 2. The SMILES string of the molecule is CCC(CC)c1nnc2ccc(O[C@@H]3C=C[C@](C=O)(NC(=O)Nc4cc(C(=O)NCCN(C)C)nc(C(C)(C)C)c4)c4ccccc43)cn12.